The number of thiophene rings is 1. The molecule has 6 heteroatoms. The van der Waals surface area contributed by atoms with Gasteiger partial charge in [0.05, 0.1) is 12.0 Å². The third-order valence-corrected chi connectivity index (χ3v) is 5.67. The van der Waals surface area contributed by atoms with Crippen LogP contribution in [-0.2, 0) is 6.42 Å². The summed E-state index contributed by atoms with van der Waals surface area (Å²) in [5, 5.41) is 8.98. The van der Waals surface area contributed by atoms with Crippen molar-refractivity contribution in [1.29, 1.82) is 0 Å². The number of rotatable bonds is 5. The Morgan fingerprint density at radius 3 is 2.32 bits per heavy atom. The van der Waals surface area contributed by atoms with Crippen LogP contribution in [0.3, 0.4) is 0 Å². The van der Waals surface area contributed by atoms with E-state index < -0.39 is 5.97 Å². The standard InChI is InChI=1S/C19H21NO4S/c1-24-15-4-2-13(3-5-15)12-14-8-10-20(11-9-14)18(21)16-6-7-17(25-16)19(22)23/h2-7,14H,8-12H2,1H3,(H,22,23). The van der Waals surface area contributed by atoms with Crippen molar-refractivity contribution in [2.75, 3.05) is 20.2 Å². The molecule has 1 fully saturated rings. The van der Waals surface area contributed by atoms with Crippen molar-refractivity contribution < 1.29 is 19.4 Å². The molecule has 0 saturated carbocycles. The van der Waals surface area contributed by atoms with Crippen LogP contribution in [0, 0.1) is 5.92 Å². The van der Waals surface area contributed by atoms with E-state index in [1.54, 1.807) is 13.2 Å². The fourth-order valence-electron chi connectivity index (χ4n) is 3.16. The minimum Gasteiger partial charge on any atom is -0.497 e. The number of nitrogens with zero attached hydrogens (tertiary/aromatic N) is 1. The molecule has 1 amide bonds. The summed E-state index contributed by atoms with van der Waals surface area (Å²) in [4.78, 5) is 26.0. The second-order valence-electron chi connectivity index (χ2n) is 6.26. The quantitative estimate of drug-likeness (QED) is 0.886. The van der Waals surface area contributed by atoms with Crippen molar-refractivity contribution in [3.8, 4) is 5.75 Å². The number of carbonyl (C=O) groups excluding carboxylic acids is 1. The predicted molar refractivity (Wildman–Crippen MR) is 96.6 cm³/mol. The van der Waals surface area contributed by atoms with Gasteiger partial charge in [-0.15, -0.1) is 11.3 Å². The van der Waals surface area contributed by atoms with Gasteiger partial charge in [0.25, 0.3) is 5.91 Å². The highest BCUT2D eigenvalue weighted by molar-refractivity contribution is 7.15. The van der Waals surface area contributed by atoms with E-state index in [4.69, 9.17) is 9.84 Å². The lowest BCUT2D eigenvalue weighted by Crippen LogP contribution is -2.38. The highest BCUT2D eigenvalue weighted by Crippen LogP contribution is 2.25. The fraction of sp³-hybridized carbons (Fsp3) is 0.368. The Morgan fingerprint density at radius 2 is 1.76 bits per heavy atom. The minimum absolute atomic E-state index is 0.0552. The maximum Gasteiger partial charge on any atom is 0.345 e. The van der Waals surface area contributed by atoms with Gasteiger partial charge in [-0.05, 0) is 55.0 Å². The maximum atomic E-state index is 12.5. The Labute approximate surface area is 150 Å². The van der Waals surface area contributed by atoms with Crippen LogP contribution in [0.1, 0.15) is 37.7 Å². The molecule has 0 radical (unpaired) electrons. The van der Waals surface area contributed by atoms with E-state index in [0.717, 1.165) is 49.4 Å². The fourth-order valence-corrected chi connectivity index (χ4v) is 3.97. The van der Waals surface area contributed by atoms with Crippen molar-refractivity contribution in [3.63, 3.8) is 0 Å². The lowest BCUT2D eigenvalue weighted by molar-refractivity contribution is 0.0691. The third kappa shape index (κ3) is 4.20. The van der Waals surface area contributed by atoms with Crippen LogP contribution in [-0.4, -0.2) is 42.1 Å². The van der Waals surface area contributed by atoms with E-state index >= 15 is 0 Å². The number of ether oxygens (including phenoxy) is 1. The summed E-state index contributed by atoms with van der Waals surface area (Å²) in [5.74, 6) is 0.388. The average Bonchev–Trinajstić information content (AvgIpc) is 3.13. The molecule has 1 aromatic carbocycles. The number of hydrogen-bond acceptors (Lipinski definition) is 4. The average molecular weight is 359 g/mol. The summed E-state index contributed by atoms with van der Waals surface area (Å²) in [5.41, 5.74) is 1.29. The highest BCUT2D eigenvalue weighted by atomic mass is 32.1. The van der Waals surface area contributed by atoms with Crippen LogP contribution in [0.5, 0.6) is 5.75 Å². The molecule has 0 spiro atoms. The van der Waals surface area contributed by atoms with Gasteiger partial charge in [-0.2, -0.15) is 0 Å². The first kappa shape index (κ1) is 17.5. The Bertz CT molecular complexity index is 745. The SMILES string of the molecule is COc1ccc(CC2CCN(C(=O)c3ccc(C(=O)O)s3)CC2)cc1. The lowest BCUT2D eigenvalue weighted by atomic mass is 9.90. The van der Waals surface area contributed by atoms with Gasteiger partial charge >= 0.3 is 5.97 Å². The van der Waals surface area contributed by atoms with Crippen LogP contribution >= 0.6 is 11.3 Å². The summed E-state index contributed by atoms with van der Waals surface area (Å²) in [6.45, 7) is 1.44. The zero-order valence-corrected chi connectivity index (χ0v) is 14.9. The van der Waals surface area contributed by atoms with Crippen molar-refractivity contribution >= 4 is 23.2 Å². The molecule has 132 valence electrons. The number of carbonyl (C=O) groups is 2. The predicted octanol–water partition coefficient (Wildman–Crippen LogP) is 3.55. The summed E-state index contributed by atoms with van der Waals surface area (Å²) in [6.07, 6.45) is 2.94. The molecule has 25 heavy (non-hydrogen) atoms. The molecule has 0 unspecified atom stereocenters. The van der Waals surface area contributed by atoms with E-state index in [2.05, 4.69) is 12.1 Å². The number of methoxy groups -OCH3 is 1. The van der Waals surface area contributed by atoms with Crippen LogP contribution < -0.4 is 4.74 Å². The molecule has 5 nitrogen and oxygen atoms in total. The first-order valence-corrected chi connectivity index (χ1v) is 9.14. The van der Waals surface area contributed by atoms with E-state index in [1.807, 2.05) is 17.0 Å². The van der Waals surface area contributed by atoms with Crippen molar-refractivity contribution in [2.24, 2.45) is 5.92 Å². The second-order valence-corrected chi connectivity index (χ2v) is 7.34. The largest absolute Gasteiger partial charge is 0.497 e. The highest BCUT2D eigenvalue weighted by Gasteiger charge is 2.25. The van der Waals surface area contributed by atoms with Gasteiger partial charge in [-0.25, -0.2) is 4.79 Å². The Hall–Kier alpha value is -2.34. The van der Waals surface area contributed by atoms with Crippen molar-refractivity contribution in [3.05, 3.63) is 51.7 Å². The van der Waals surface area contributed by atoms with Gasteiger partial charge < -0.3 is 14.7 Å². The molecule has 0 atom stereocenters. The molecule has 0 aliphatic carbocycles. The second kappa shape index (κ2) is 7.70. The van der Waals surface area contributed by atoms with E-state index in [1.165, 1.54) is 11.6 Å². The van der Waals surface area contributed by atoms with Crippen LogP contribution in [0.4, 0.5) is 0 Å². The topological polar surface area (TPSA) is 66.8 Å². The third-order valence-electron chi connectivity index (χ3n) is 4.61. The Kier molecular flexibility index (Phi) is 5.38. The normalized spacial score (nSPS) is 15.2. The number of amides is 1. The Balaban J connectivity index is 1.53. The van der Waals surface area contributed by atoms with Crippen LogP contribution in [0.25, 0.3) is 0 Å². The number of piperidine rings is 1. The number of carboxylic acids is 1. The monoisotopic (exact) mass is 359 g/mol. The van der Waals surface area contributed by atoms with Gasteiger partial charge in [0.2, 0.25) is 0 Å². The number of likely N-dealkylation sites (tertiary alicyclic amines) is 1. The lowest BCUT2D eigenvalue weighted by Gasteiger charge is -2.31. The van der Waals surface area contributed by atoms with Gasteiger partial charge in [0.15, 0.2) is 0 Å². The number of carboxylic acid groups (broad SMARTS) is 1. The van der Waals surface area contributed by atoms with Crippen LogP contribution in [0.15, 0.2) is 36.4 Å². The smallest absolute Gasteiger partial charge is 0.345 e. The summed E-state index contributed by atoms with van der Waals surface area (Å²) in [7, 11) is 1.66. The van der Waals surface area contributed by atoms with Gasteiger partial charge in [-0.3, -0.25) is 4.79 Å². The molecule has 0 bridgehead atoms. The van der Waals surface area contributed by atoms with Gasteiger partial charge in [0.1, 0.15) is 10.6 Å². The summed E-state index contributed by atoms with van der Waals surface area (Å²) in [6, 6.07) is 11.2. The molecule has 1 N–H and O–H groups in total. The minimum atomic E-state index is -0.984. The zero-order valence-electron chi connectivity index (χ0n) is 14.1. The molecule has 1 saturated heterocycles. The molecule has 1 aliphatic heterocycles. The zero-order chi connectivity index (χ0) is 17.8. The maximum absolute atomic E-state index is 12.5. The van der Waals surface area contributed by atoms with Gasteiger partial charge in [0, 0.05) is 13.1 Å². The molecular formula is C19H21NO4S. The molecular weight excluding hydrogens is 338 g/mol. The van der Waals surface area contributed by atoms with Crippen molar-refractivity contribution in [1.82, 2.24) is 4.90 Å². The first-order chi connectivity index (χ1) is 12.1. The molecule has 1 aromatic heterocycles. The number of benzene rings is 1. The molecule has 3 rings (SSSR count). The molecule has 2 aromatic rings. The van der Waals surface area contributed by atoms with E-state index in [0.29, 0.717) is 10.8 Å². The van der Waals surface area contributed by atoms with Gasteiger partial charge in [-0.1, -0.05) is 12.1 Å². The van der Waals surface area contributed by atoms with E-state index in [-0.39, 0.29) is 10.8 Å². The Morgan fingerprint density at radius 1 is 1.12 bits per heavy atom. The van der Waals surface area contributed by atoms with E-state index in [9.17, 15) is 9.59 Å². The first-order valence-electron chi connectivity index (χ1n) is 8.32. The van der Waals surface area contributed by atoms with Crippen molar-refractivity contribution in [2.45, 2.75) is 19.3 Å². The number of aromatic carboxylic acids is 1. The molecule has 1 aliphatic rings. The summed E-state index contributed by atoms with van der Waals surface area (Å²) < 4.78 is 5.18. The number of hydrogen-bond donors (Lipinski definition) is 1. The van der Waals surface area contributed by atoms with Crippen LogP contribution in [0.2, 0.25) is 0 Å². The summed E-state index contributed by atoms with van der Waals surface area (Å²) >= 11 is 1.05. The molecule has 2 heterocycles.